The summed E-state index contributed by atoms with van der Waals surface area (Å²) in [4.78, 5) is 28.0. The highest BCUT2D eigenvalue weighted by Crippen LogP contribution is 2.35. The van der Waals surface area contributed by atoms with Crippen molar-refractivity contribution >= 4 is 44.8 Å². The van der Waals surface area contributed by atoms with E-state index in [1.54, 1.807) is 12.1 Å². The van der Waals surface area contributed by atoms with Gasteiger partial charge in [-0.25, -0.2) is 4.39 Å². The fourth-order valence-electron chi connectivity index (χ4n) is 1.92. The Hall–Kier alpha value is -2.51. The van der Waals surface area contributed by atoms with Gasteiger partial charge in [0.15, 0.2) is 0 Å². The van der Waals surface area contributed by atoms with Crippen molar-refractivity contribution in [2.45, 2.75) is 0 Å². The summed E-state index contributed by atoms with van der Waals surface area (Å²) in [5.41, 5.74) is 4.86. The topological polar surface area (TPSA) is 71.1 Å². The van der Waals surface area contributed by atoms with Gasteiger partial charge in [0.25, 0.3) is 11.8 Å². The summed E-state index contributed by atoms with van der Waals surface area (Å²) in [6.07, 6.45) is 2.90. The van der Waals surface area contributed by atoms with Crippen molar-refractivity contribution in [3.05, 3.63) is 64.0 Å². The van der Waals surface area contributed by atoms with Gasteiger partial charge in [0.1, 0.15) is 10.7 Å². The molecule has 2 N–H and O–H groups in total. The minimum absolute atomic E-state index is 0.193. The van der Waals surface area contributed by atoms with Crippen LogP contribution in [0.15, 0.2) is 42.7 Å². The Morgan fingerprint density at radius 2 is 1.96 bits per heavy atom. The molecule has 0 unspecified atom stereocenters. The summed E-state index contributed by atoms with van der Waals surface area (Å²) in [6, 6.07) is 7.25. The minimum atomic E-state index is -0.575. The zero-order chi connectivity index (χ0) is 16.4. The third-order valence-corrected chi connectivity index (χ3v) is 4.67. The van der Waals surface area contributed by atoms with Crippen molar-refractivity contribution in [1.29, 1.82) is 0 Å². The molecule has 0 aliphatic carbocycles. The van der Waals surface area contributed by atoms with Crippen molar-refractivity contribution in [3.63, 3.8) is 0 Å². The lowest BCUT2D eigenvalue weighted by atomic mass is 10.2. The highest BCUT2D eigenvalue weighted by atomic mass is 35.5. The third kappa shape index (κ3) is 3.15. The molecule has 0 spiro atoms. The first kappa shape index (κ1) is 15.4. The zero-order valence-electron chi connectivity index (χ0n) is 11.5. The molecule has 0 bridgehead atoms. The van der Waals surface area contributed by atoms with E-state index in [9.17, 15) is 14.0 Å². The van der Waals surface area contributed by atoms with Crippen LogP contribution in [-0.2, 0) is 0 Å². The van der Waals surface area contributed by atoms with E-state index in [0.29, 0.717) is 15.6 Å². The van der Waals surface area contributed by atoms with E-state index in [4.69, 9.17) is 11.6 Å². The second-order valence-corrected chi connectivity index (χ2v) is 5.97. The predicted molar refractivity (Wildman–Crippen MR) is 86.0 cm³/mol. The number of fused-ring (bicyclic) bond motifs is 1. The lowest BCUT2D eigenvalue weighted by molar-refractivity contribution is 0.0849. The maximum Gasteiger partial charge on any atom is 0.281 e. The molecule has 8 heteroatoms. The van der Waals surface area contributed by atoms with Crippen LogP contribution in [0.3, 0.4) is 0 Å². The molecular formula is C15H9ClFN3O2S. The number of nitrogens with one attached hydrogen (secondary N) is 2. The smallest absolute Gasteiger partial charge is 0.267 e. The molecule has 0 aliphatic rings. The number of nitrogens with zero attached hydrogens (tertiary/aromatic N) is 1. The van der Waals surface area contributed by atoms with Crippen LogP contribution in [-0.4, -0.2) is 16.8 Å². The first-order valence-corrected chi connectivity index (χ1v) is 7.64. The van der Waals surface area contributed by atoms with Crippen molar-refractivity contribution in [3.8, 4) is 0 Å². The number of carbonyl (C=O) groups excluding carboxylic acids is 2. The standard InChI is InChI=1S/C15H9ClFN3O2S/c16-12-10-4-3-9(17)6-11(10)23-13(12)15(22)20-19-14(21)8-2-1-5-18-7-8/h1-7H,(H,19,21)(H,20,22). The van der Waals surface area contributed by atoms with Gasteiger partial charge in [-0.2, -0.15) is 0 Å². The number of carbonyl (C=O) groups is 2. The molecule has 0 saturated carbocycles. The Balaban J connectivity index is 1.76. The second-order valence-electron chi connectivity index (χ2n) is 4.54. The summed E-state index contributed by atoms with van der Waals surface area (Å²) in [5, 5.41) is 0.805. The monoisotopic (exact) mass is 349 g/mol. The van der Waals surface area contributed by atoms with E-state index in [1.165, 1.54) is 30.6 Å². The number of pyridine rings is 1. The summed E-state index contributed by atoms with van der Waals surface area (Å²) >= 11 is 7.19. The fraction of sp³-hybridized carbons (Fsp3) is 0. The molecule has 1 aromatic carbocycles. The Morgan fingerprint density at radius 3 is 2.70 bits per heavy atom. The number of hydrogen-bond acceptors (Lipinski definition) is 4. The van der Waals surface area contributed by atoms with Crippen molar-refractivity contribution in [2.75, 3.05) is 0 Å². The summed E-state index contributed by atoms with van der Waals surface area (Å²) in [5.74, 6) is -1.49. The SMILES string of the molecule is O=C(NNC(=O)c1sc2cc(F)ccc2c1Cl)c1cccnc1. The number of hydrazine groups is 1. The molecule has 3 aromatic rings. The van der Waals surface area contributed by atoms with Crippen LogP contribution >= 0.6 is 22.9 Å². The Bertz CT molecular complexity index is 898. The van der Waals surface area contributed by atoms with Crippen molar-refractivity contribution in [1.82, 2.24) is 15.8 Å². The number of hydrogen-bond donors (Lipinski definition) is 2. The van der Waals surface area contributed by atoms with E-state index in [-0.39, 0.29) is 9.90 Å². The molecule has 0 atom stereocenters. The molecule has 2 heterocycles. The van der Waals surface area contributed by atoms with Crippen LogP contribution in [0.4, 0.5) is 4.39 Å². The van der Waals surface area contributed by atoms with Gasteiger partial charge in [-0.1, -0.05) is 11.6 Å². The molecule has 116 valence electrons. The van der Waals surface area contributed by atoms with Crippen molar-refractivity contribution in [2.24, 2.45) is 0 Å². The molecule has 2 aromatic heterocycles. The number of aromatic nitrogens is 1. The Kier molecular flexibility index (Phi) is 4.22. The number of rotatable bonds is 2. The molecular weight excluding hydrogens is 341 g/mol. The number of thiophene rings is 1. The fourth-order valence-corrected chi connectivity index (χ4v) is 3.36. The van der Waals surface area contributed by atoms with E-state index in [1.807, 2.05) is 0 Å². The van der Waals surface area contributed by atoms with Gasteiger partial charge in [0, 0.05) is 22.5 Å². The molecule has 3 rings (SSSR count). The number of benzene rings is 1. The van der Waals surface area contributed by atoms with E-state index in [0.717, 1.165) is 11.3 Å². The third-order valence-electron chi connectivity index (χ3n) is 3.01. The van der Waals surface area contributed by atoms with Gasteiger partial charge in [-0.05, 0) is 30.3 Å². The van der Waals surface area contributed by atoms with Crippen LogP contribution in [0.2, 0.25) is 5.02 Å². The van der Waals surface area contributed by atoms with Crippen LogP contribution in [0.1, 0.15) is 20.0 Å². The Labute approximate surface area is 139 Å². The number of halogens is 2. The summed E-state index contributed by atoms with van der Waals surface area (Å²) in [7, 11) is 0. The van der Waals surface area contributed by atoms with Crippen LogP contribution in [0, 0.1) is 5.82 Å². The van der Waals surface area contributed by atoms with E-state index < -0.39 is 17.6 Å². The predicted octanol–water partition coefficient (Wildman–Crippen LogP) is 3.16. The molecule has 2 amide bonds. The first-order chi connectivity index (χ1) is 11.1. The van der Waals surface area contributed by atoms with Crippen LogP contribution in [0.25, 0.3) is 10.1 Å². The molecule has 0 saturated heterocycles. The van der Waals surface area contributed by atoms with Gasteiger partial charge >= 0.3 is 0 Å². The van der Waals surface area contributed by atoms with Gasteiger partial charge in [0.05, 0.1) is 10.6 Å². The normalized spacial score (nSPS) is 10.5. The highest BCUT2D eigenvalue weighted by molar-refractivity contribution is 7.21. The molecule has 0 fully saturated rings. The van der Waals surface area contributed by atoms with Gasteiger partial charge in [-0.15, -0.1) is 11.3 Å². The van der Waals surface area contributed by atoms with E-state index >= 15 is 0 Å². The first-order valence-electron chi connectivity index (χ1n) is 6.44. The average Bonchev–Trinajstić information content (AvgIpc) is 2.89. The lowest BCUT2D eigenvalue weighted by Gasteiger charge is -2.06. The van der Waals surface area contributed by atoms with Gasteiger partial charge in [-0.3, -0.25) is 25.4 Å². The van der Waals surface area contributed by atoms with Crippen molar-refractivity contribution < 1.29 is 14.0 Å². The van der Waals surface area contributed by atoms with Crippen LogP contribution in [0.5, 0.6) is 0 Å². The minimum Gasteiger partial charge on any atom is -0.267 e. The second kappa shape index (κ2) is 6.31. The average molecular weight is 350 g/mol. The number of amides is 2. The maximum absolute atomic E-state index is 13.2. The maximum atomic E-state index is 13.2. The van der Waals surface area contributed by atoms with Gasteiger partial charge in [0.2, 0.25) is 0 Å². The molecule has 0 aliphatic heterocycles. The van der Waals surface area contributed by atoms with Gasteiger partial charge < -0.3 is 0 Å². The summed E-state index contributed by atoms with van der Waals surface area (Å²) in [6.45, 7) is 0. The molecule has 0 radical (unpaired) electrons. The lowest BCUT2D eigenvalue weighted by Crippen LogP contribution is -2.41. The summed E-state index contributed by atoms with van der Waals surface area (Å²) < 4.78 is 13.8. The van der Waals surface area contributed by atoms with E-state index in [2.05, 4.69) is 15.8 Å². The Morgan fingerprint density at radius 1 is 1.17 bits per heavy atom. The highest BCUT2D eigenvalue weighted by Gasteiger charge is 2.18. The molecule has 23 heavy (non-hydrogen) atoms. The quantitative estimate of drug-likeness (QED) is 0.698. The largest absolute Gasteiger partial charge is 0.281 e. The van der Waals surface area contributed by atoms with Crippen LogP contribution < -0.4 is 10.9 Å². The zero-order valence-corrected chi connectivity index (χ0v) is 13.0. The molecule has 5 nitrogen and oxygen atoms in total.